The summed E-state index contributed by atoms with van der Waals surface area (Å²) in [6.07, 6.45) is 1.51. The molecule has 144 valence electrons. The van der Waals surface area contributed by atoms with Crippen LogP contribution in [0.1, 0.15) is 59.0 Å². The van der Waals surface area contributed by atoms with Crippen molar-refractivity contribution in [1.82, 2.24) is 0 Å². The number of carbonyl (C=O) groups excluding carboxylic acids is 4. The number of fused-ring (bicyclic) bond motifs is 1. The van der Waals surface area contributed by atoms with Gasteiger partial charge < -0.3 is 9.47 Å². The highest BCUT2D eigenvalue weighted by Gasteiger charge is 2.58. The zero-order valence-electron chi connectivity index (χ0n) is 15.9. The largest absolute Gasteiger partial charge is 0.437 e. The van der Waals surface area contributed by atoms with Crippen molar-refractivity contribution in [2.24, 2.45) is 0 Å². The van der Waals surface area contributed by atoms with Gasteiger partial charge in [0.15, 0.2) is 0 Å². The lowest BCUT2D eigenvalue weighted by Gasteiger charge is -2.28. The van der Waals surface area contributed by atoms with Crippen molar-refractivity contribution in [2.75, 3.05) is 0 Å². The summed E-state index contributed by atoms with van der Waals surface area (Å²) in [6.45, 7) is 4.34. The molecule has 2 aromatic carbocycles. The fourth-order valence-electron chi connectivity index (χ4n) is 3.51. The van der Waals surface area contributed by atoms with E-state index in [1.54, 1.807) is 24.3 Å². The number of carbonyl (C=O) groups is 4. The van der Waals surface area contributed by atoms with Crippen molar-refractivity contribution < 1.29 is 28.7 Å². The molecule has 0 saturated heterocycles. The summed E-state index contributed by atoms with van der Waals surface area (Å²) in [5.41, 5.74) is -0.970. The zero-order valence-corrected chi connectivity index (χ0v) is 15.9. The first-order valence-electron chi connectivity index (χ1n) is 9.01. The van der Waals surface area contributed by atoms with Gasteiger partial charge in [0, 0.05) is 25.0 Å². The number of esters is 2. The Bertz CT molecular complexity index is 953. The molecule has 0 amide bonds. The molecule has 2 aromatic rings. The first-order valence-corrected chi connectivity index (χ1v) is 9.01. The van der Waals surface area contributed by atoms with E-state index in [9.17, 15) is 19.2 Å². The van der Waals surface area contributed by atoms with Crippen LogP contribution in [0.2, 0.25) is 0 Å². The van der Waals surface area contributed by atoms with Crippen molar-refractivity contribution in [3.8, 4) is 5.75 Å². The van der Waals surface area contributed by atoms with Gasteiger partial charge >= 0.3 is 11.9 Å². The predicted octanol–water partition coefficient (Wildman–Crippen LogP) is 3.40. The Morgan fingerprint density at radius 3 is 2.04 bits per heavy atom. The van der Waals surface area contributed by atoms with Crippen molar-refractivity contribution >= 4 is 23.5 Å². The number of rotatable bonds is 5. The summed E-state index contributed by atoms with van der Waals surface area (Å²) in [5.74, 6) is -2.68. The van der Waals surface area contributed by atoms with Crippen LogP contribution >= 0.6 is 0 Å². The summed E-state index contributed by atoms with van der Waals surface area (Å²) >= 11 is 0. The van der Waals surface area contributed by atoms with Gasteiger partial charge in [-0.05, 0) is 24.1 Å². The van der Waals surface area contributed by atoms with Gasteiger partial charge in [0.25, 0.3) is 5.60 Å². The lowest BCUT2D eigenvalue weighted by Crippen LogP contribution is -2.43. The van der Waals surface area contributed by atoms with Crippen LogP contribution < -0.4 is 4.74 Å². The monoisotopic (exact) mass is 380 g/mol. The number of hydrogen-bond acceptors (Lipinski definition) is 6. The third-order valence-corrected chi connectivity index (χ3v) is 4.57. The van der Waals surface area contributed by atoms with E-state index in [1.165, 1.54) is 25.1 Å². The molecule has 1 aliphatic carbocycles. The fourth-order valence-corrected chi connectivity index (χ4v) is 3.51. The average molecular weight is 380 g/mol. The quantitative estimate of drug-likeness (QED) is 0.449. The van der Waals surface area contributed by atoms with Crippen LogP contribution in [0.5, 0.6) is 5.75 Å². The second-order valence-corrected chi connectivity index (χ2v) is 6.65. The maximum absolute atomic E-state index is 13.3. The standard InChI is InChI=1S/C22H20O6/c1-4-7-15-10-11-19(27-13(2)23)18(12-15)22(28-14(3)24)20(25)16-8-5-6-9-17(16)21(22)26/h5-6,8-12H,4,7H2,1-3H3. The summed E-state index contributed by atoms with van der Waals surface area (Å²) in [6, 6.07) is 11.2. The zero-order chi connectivity index (χ0) is 20.5. The number of hydrogen-bond donors (Lipinski definition) is 0. The van der Waals surface area contributed by atoms with E-state index in [0.717, 1.165) is 18.9 Å². The summed E-state index contributed by atoms with van der Waals surface area (Å²) in [5, 5.41) is 0. The van der Waals surface area contributed by atoms with Crippen LogP contribution in [0, 0.1) is 0 Å². The Morgan fingerprint density at radius 1 is 0.929 bits per heavy atom. The van der Waals surface area contributed by atoms with E-state index in [1.807, 2.05) is 6.92 Å². The third-order valence-electron chi connectivity index (χ3n) is 4.57. The Balaban J connectivity index is 2.31. The average Bonchev–Trinajstić information content (AvgIpc) is 2.85. The lowest BCUT2D eigenvalue weighted by molar-refractivity contribution is -0.149. The Kier molecular flexibility index (Phi) is 5.14. The predicted molar refractivity (Wildman–Crippen MR) is 100 cm³/mol. The number of aryl methyl sites for hydroxylation is 1. The molecule has 1 aliphatic rings. The van der Waals surface area contributed by atoms with Gasteiger partial charge in [0.1, 0.15) is 5.75 Å². The van der Waals surface area contributed by atoms with Gasteiger partial charge in [-0.3, -0.25) is 19.2 Å². The van der Waals surface area contributed by atoms with Crippen LogP contribution in [0.4, 0.5) is 0 Å². The maximum Gasteiger partial charge on any atom is 0.308 e. The smallest absolute Gasteiger partial charge is 0.308 e. The molecule has 0 heterocycles. The number of Topliss-reactive ketones (excluding diaryl/α,β-unsaturated/α-hetero) is 2. The normalized spacial score (nSPS) is 14.5. The Morgan fingerprint density at radius 2 is 1.54 bits per heavy atom. The fraction of sp³-hybridized carbons (Fsp3) is 0.273. The first kappa shape index (κ1) is 19.5. The molecule has 0 radical (unpaired) electrons. The second kappa shape index (κ2) is 7.38. The van der Waals surface area contributed by atoms with Gasteiger partial charge in [-0.15, -0.1) is 0 Å². The van der Waals surface area contributed by atoms with E-state index in [4.69, 9.17) is 9.47 Å². The highest BCUT2D eigenvalue weighted by Crippen LogP contribution is 2.45. The highest BCUT2D eigenvalue weighted by atomic mass is 16.6. The van der Waals surface area contributed by atoms with Gasteiger partial charge in [-0.25, -0.2) is 0 Å². The van der Waals surface area contributed by atoms with E-state index >= 15 is 0 Å². The molecule has 0 spiro atoms. The van der Waals surface area contributed by atoms with Gasteiger partial charge in [0.2, 0.25) is 11.6 Å². The topological polar surface area (TPSA) is 86.7 Å². The molecule has 0 N–H and O–H groups in total. The number of ketones is 2. The van der Waals surface area contributed by atoms with Crippen LogP contribution in [-0.2, 0) is 26.3 Å². The van der Waals surface area contributed by atoms with E-state index in [-0.39, 0.29) is 22.4 Å². The SMILES string of the molecule is CCCc1ccc(OC(C)=O)c(C2(OC(C)=O)C(=O)c3ccccc3C2=O)c1. The third kappa shape index (κ3) is 3.11. The number of benzene rings is 2. The van der Waals surface area contributed by atoms with Crippen molar-refractivity contribution in [2.45, 2.75) is 39.2 Å². The summed E-state index contributed by atoms with van der Waals surface area (Å²) in [7, 11) is 0. The van der Waals surface area contributed by atoms with Gasteiger partial charge in [0.05, 0.1) is 5.56 Å². The van der Waals surface area contributed by atoms with Crippen LogP contribution in [-0.4, -0.2) is 23.5 Å². The van der Waals surface area contributed by atoms with Crippen molar-refractivity contribution in [3.05, 3.63) is 64.7 Å². The molecule has 0 atom stereocenters. The molecule has 0 unspecified atom stereocenters. The molecule has 28 heavy (non-hydrogen) atoms. The van der Waals surface area contributed by atoms with Crippen LogP contribution in [0.15, 0.2) is 42.5 Å². The van der Waals surface area contributed by atoms with Crippen LogP contribution in [0.25, 0.3) is 0 Å². The minimum atomic E-state index is -2.20. The highest BCUT2D eigenvalue weighted by molar-refractivity contribution is 6.32. The Labute approximate surface area is 162 Å². The Hall–Kier alpha value is -3.28. The lowest BCUT2D eigenvalue weighted by atomic mass is 9.86. The molecule has 0 aromatic heterocycles. The molecular weight excluding hydrogens is 360 g/mol. The van der Waals surface area contributed by atoms with E-state index in [2.05, 4.69) is 0 Å². The summed E-state index contributed by atoms with van der Waals surface area (Å²) in [4.78, 5) is 50.2. The maximum atomic E-state index is 13.3. The minimum absolute atomic E-state index is 0.0168. The minimum Gasteiger partial charge on any atom is -0.437 e. The molecule has 0 saturated carbocycles. The first-order chi connectivity index (χ1) is 13.3. The van der Waals surface area contributed by atoms with Crippen LogP contribution in [0.3, 0.4) is 0 Å². The molecule has 0 bridgehead atoms. The van der Waals surface area contributed by atoms with Gasteiger partial charge in [-0.2, -0.15) is 0 Å². The van der Waals surface area contributed by atoms with Gasteiger partial charge in [-0.1, -0.05) is 43.7 Å². The van der Waals surface area contributed by atoms with E-state index in [0.29, 0.717) is 6.42 Å². The number of ether oxygens (including phenoxy) is 2. The molecule has 0 aliphatic heterocycles. The molecule has 0 fully saturated rings. The molecule has 6 nitrogen and oxygen atoms in total. The van der Waals surface area contributed by atoms with E-state index < -0.39 is 29.1 Å². The second-order valence-electron chi connectivity index (χ2n) is 6.65. The van der Waals surface area contributed by atoms with Crippen molar-refractivity contribution in [1.29, 1.82) is 0 Å². The molecular formula is C22H20O6. The molecule has 6 heteroatoms. The molecule has 3 rings (SSSR count). The summed E-state index contributed by atoms with van der Waals surface area (Å²) < 4.78 is 10.7. The van der Waals surface area contributed by atoms with Crippen molar-refractivity contribution in [3.63, 3.8) is 0 Å².